The molecule has 3 aromatic carbocycles. The zero-order chi connectivity index (χ0) is 15.4. The van der Waals surface area contributed by atoms with Crippen molar-refractivity contribution in [1.82, 2.24) is 0 Å². The van der Waals surface area contributed by atoms with Crippen molar-refractivity contribution in [3.63, 3.8) is 0 Å². The molecule has 0 amide bonds. The fourth-order valence-corrected chi connectivity index (χ4v) is 2.86. The molecule has 0 aliphatic heterocycles. The van der Waals surface area contributed by atoms with Crippen LogP contribution in [-0.4, -0.2) is 6.26 Å². The van der Waals surface area contributed by atoms with E-state index < -0.39 is 0 Å². The van der Waals surface area contributed by atoms with E-state index in [4.69, 9.17) is 0 Å². The van der Waals surface area contributed by atoms with Crippen LogP contribution in [0.3, 0.4) is 0 Å². The van der Waals surface area contributed by atoms with Crippen LogP contribution in [0.2, 0.25) is 0 Å². The van der Waals surface area contributed by atoms with Crippen LogP contribution in [0.25, 0.3) is 0 Å². The summed E-state index contributed by atoms with van der Waals surface area (Å²) < 4.78 is 0. The van der Waals surface area contributed by atoms with Crippen LogP contribution in [0.4, 0.5) is 17.1 Å². The van der Waals surface area contributed by atoms with Crippen LogP contribution in [0, 0.1) is 6.92 Å². The zero-order valence-corrected chi connectivity index (χ0v) is 13.7. The van der Waals surface area contributed by atoms with Gasteiger partial charge in [-0.2, -0.15) is 0 Å². The number of hydrogen-bond donors (Lipinski definition) is 0. The summed E-state index contributed by atoms with van der Waals surface area (Å²) in [5.74, 6) is 0. The molecule has 3 aromatic rings. The summed E-state index contributed by atoms with van der Waals surface area (Å²) in [4.78, 5) is 3.56. The molecule has 0 radical (unpaired) electrons. The normalized spacial score (nSPS) is 10.5. The molecular formula is C20H19NS. The smallest absolute Gasteiger partial charge is 0.0462 e. The van der Waals surface area contributed by atoms with Crippen molar-refractivity contribution in [2.45, 2.75) is 11.8 Å². The SMILES string of the molecule is CSc1ccc(N(c2ccccc2)c2ccc(C)cc2)cc1. The first-order valence-corrected chi connectivity index (χ1v) is 8.56. The fourth-order valence-electron chi connectivity index (χ4n) is 2.45. The number of anilines is 3. The number of para-hydroxylation sites is 1. The van der Waals surface area contributed by atoms with Gasteiger partial charge in [0.05, 0.1) is 0 Å². The summed E-state index contributed by atoms with van der Waals surface area (Å²) in [6.07, 6.45) is 2.10. The van der Waals surface area contributed by atoms with Gasteiger partial charge in [0.25, 0.3) is 0 Å². The van der Waals surface area contributed by atoms with Crippen molar-refractivity contribution in [3.05, 3.63) is 84.4 Å². The summed E-state index contributed by atoms with van der Waals surface area (Å²) >= 11 is 1.76. The molecule has 22 heavy (non-hydrogen) atoms. The van der Waals surface area contributed by atoms with Crippen molar-refractivity contribution in [3.8, 4) is 0 Å². The highest BCUT2D eigenvalue weighted by molar-refractivity contribution is 7.98. The molecule has 0 heterocycles. The van der Waals surface area contributed by atoms with Gasteiger partial charge < -0.3 is 4.90 Å². The third kappa shape index (κ3) is 3.18. The minimum absolute atomic E-state index is 1.17. The number of benzene rings is 3. The summed E-state index contributed by atoms with van der Waals surface area (Å²) in [5, 5.41) is 0. The van der Waals surface area contributed by atoms with E-state index in [0.717, 1.165) is 0 Å². The monoisotopic (exact) mass is 305 g/mol. The summed E-state index contributed by atoms with van der Waals surface area (Å²) in [6, 6.07) is 27.8. The predicted molar refractivity (Wildman–Crippen MR) is 97.6 cm³/mol. The first kappa shape index (κ1) is 14.7. The van der Waals surface area contributed by atoms with Gasteiger partial charge >= 0.3 is 0 Å². The van der Waals surface area contributed by atoms with Crippen molar-refractivity contribution >= 4 is 28.8 Å². The Morgan fingerprint density at radius 2 is 1.14 bits per heavy atom. The Morgan fingerprint density at radius 1 is 0.636 bits per heavy atom. The highest BCUT2D eigenvalue weighted by atomic mass is 32.2. The van der Waals surface area contributed by atoms with Gasteiger partial charge in [-0.05, 0) is 61.7 Å². The van der Waals surface area contributed by atoms with Crippen molar-refractivity contribution in [1.29, 1.82) is 0 Å². The minimum atomic E-state index is 1.17. The molecule has 0 aliphatic carbocycles. The van der Waals surface area contributed by atoms with Crippen LogP contribution < -0.4 is 4.90 Å². The highest BCUT2D eigenvalue weighted by Gasteiger charge is 2.11. The number of hydrogen-bond acceptors (Lipinski definition) is 2. The number of nitrogens with zero attached hydrogens (tertiary/aromatic N) is 1. The Morgan fingerprint density at radius 3 is 1.68 bits per heavy atom. The molecule has 0 atom stereocenters. The number of aryl methyl sites for hydroxylation is 1. The molecule has 0 unspecified atom stereocenters. The molecular weight excluding hydrogens is 286 g/mol. The topological polar surface area (TPSA) is 3.24 Å². The van der Waals surface area contributed by atoms with Gasteiger partial charge in [-0.15, -0.1) is 11.8 Å². The van der Waals surface area contributed by atoms with Crippen molar-refractivity contribution in [2.75, 3.05) is 11.2 Å². The molecule has 1 nitrogen and oxygen atoms in total. The molecule has 0 N–H and O–H groups in total. The quantitative estimate of drug-likeness (QED) is 0.529. The second-order valence-electron chi connectivity index (χ2n) is 5.20. The molecule has 0 saturated carbocycles. The van der Waals surface area contributed by atoms with Crippen LogP contribution in [-0.2, 0) is 0 Å². The average molecular weight is 305 g/mol. The molecule has 0 fully saturated rings. The van der Waals surface area contributed by atoms with E-state index >= 15 is 0 Å². The lowest BCUT2D eigenvalue weighted by Crippen LogP contribution is -2.09. The van der Waals surface area contributed by atoms with Crippen molar-refractivity contribution < 1.29 is 0 Å². The zero-order valence-electron chi connectivity index (χ0n) is 12.9. The van der Waals surface area contributed by atoms with Gasteiger partial charge in [0, 0.05) is 22.0 Å². The maximum Gasteiger partial charge on any atom is 0.0462 e. The van der Waals surface area contributed by atoms with Crippen LogP contribution in [0.1, 0.15) is 5.56 Å². The molecule has 2 heteroatoms. The highest BCUT2D eigenvalue weighted by Crippen LogP contribution is 2.34. The van der Waals surface area contributed by atoms with E-state index in [9.17, 15) is 0 Å². The van der Waals surface area contributed by atoms with E-state index in [-0.39, 0.29) is 0 Å². The van der Waals surface area contributed by atoms with Gasteiger partial charge in [0.2, 0.25) is 0 Å². The minimum Gasteiger partial charge on any atom is -0.311 e. The first-order chi connectivity index (χ1) is 10.8. The molecule has 0 saturated heterocycles. The summed E-state index contributed by atoms with van der Waals surface area (Å²) in [7, 11) is 0. The largest absolute Gasteiger partial charge is 0.311 e. The lowest BCUT2D eigenvalue weighted by molar-refractivity contribution is 1.26. The number of thioether (sulfide) groups is 1. The second kappa shape index (κ2) is 6.71. The van der Waals surface area contributed by atoms with E-state index in [2.05, 4.69) is 90.9 Å². The Balaban J connectivity index is 2.07. The molecule has 110 valence electrons. The summed E-state index contributed by atoms with van der Waals surface area (Å²) in [5.41, 5.74) is 4.79. The first-order valence-electron chi connectivity index (χ1n) is 7.34. The molecule has 0 spiro atoms. The van der Waals surface area contributed by atoms with Gasteiger partial charge in [-0.1, -0.05) is 35.9 Å². The third-order valence-electron chi connectivity index (χ3n) is 3.64. The Bertz CT molecular complexity index is 718. The molecule has 0 aromatic heterocycles. The molecule has 3 rings (SSSR count). The van der Waals surface area contributed by atoms with Gasteiger partial charge in [0.15, 0.2) is 0 Å². The lowest BCUT2D eigenvalue weighted by Gasteiger charge is -2.25. The van der Waals surface area contributed by atoms with Gasteiger partial charge in [0.1, 0.15) is 0 Å². The van der Waals surface area contributed by atoms with Crippen LogP contribution in [0.5, 0.6) is 0 Å². The van der Waals surface area contributed by atoms with E-state index in [0.29, 0.717) is 0 Å². The molecule has 0 aliphatic rings. The maximum atomic E-state index is 2.28. The Hall–Kier alpha value is -2.19. The van der Waals surface area contributed by atoms with E-state index in [1.165, 1.54) is 27.5 Å². The Kier molecular flexibility index (Phi) is 4.50. The van der Waals surface area contributed by atoms with Gasteiger partial charge in [-0.25, -0.2) is 0 Å². The van der Waals surface area contributed by atoms with Crippen LogP contribution in [0.15, 0.2) is 83.8 Å². The third-order valence-corrected chi connectivity index (χ3v) is 4.38. The standard InChI is InChI=1S/C20H19NS/c1-16-8-10-18(11-9-16)21(17-6-4-3-5-7-17)19-12-14-20(22-2)15-13-19/h3-15H,1-2H3. The fraction of sp³-hybridized carbons (Fsp3) is 0.100. The lowest BCUT2D eigenvalue weighted by atomic mass is 10.1. The van der Waals surface area contributed by atoms with Crippen LogP contribution >= 0.6 is 11.8 Å². The van der Waals surface area contributed by atoms with E-state index in [1.54, 1.807) is 11.8 Å². The maximum absolute atomic E-state index is 2.28. The Labute approximate surface area is 136 Å². The predicted octanol–water partition coefficient (Wildman–Crippen LogP) is 6.19. The molecule has 0 bridgehead atoms. The average Bonchev–Trinajstić information content (AvgIpc) is 2.58. The number of rotatable bonds is 4. The summed E-state index contributed by atoms with van der Waals surface area (Å²) in [6.45, 7) is 2.11. The second-order valence-corrected chi connectivity index (χ2v) is 6.08. The van der Waals surface area contributed by atoms with E-state index in [1.807, 2.05) is 6.07 Å². The van der Waals surface area contributed by atoms with Gasteiger partial charge in [-0.3, -0.25) is 0 Å². The van der Waals surface area contributed by atoms with Crippen molar-refractivity contribution in [2.24, 2.45) is 0 Å².